The molecule has 1 aromatic carbocycles. The second-order valence-electron chi connectivity index (χ2n) is 3.08. The van der Waals surface area contributed by atoms with E-state index in [1.165, 1.54) is 6.07 Å². The van der Waals surface area contributed by atoms with Crippen LogP contribution in [0.15, 0.2) is 22.7 Å². The summed E-state index contributed by atoms with van der Waals surface area (Å²) in [6.07, 6.45) is -6.10. The van der Waals surface area contributed by atoms with Crippen LogP contribution in [0.3, 0.4) is 0 Å². The fraction of sp³-hybridized carbons (Fsp3) is 0.333. The molecule has 14 heavy (non-hydrogen) atoms. The highest BCUT2D eigenvalue weighted by atomic mass is 79.9. The van der Waals surface area contributed by atoms with Crippen LogP contribution in [0.2, 0.25) is 0 Å². The number of fused-ring (bicyclic) bond motifs is 1. The Hall–Kier alpha value is -0.550. The number of rotatable bonds is 0. The summed E-state index contributed by atoms with van der Waals surface area (Å²) >= 11 is 3.14. The van der Waals surface area contributed by atoms with Crippen LogP contribution < -0.4 is 0 Å². The Morgan fingerprint density at radius 1 is 1.36 bits per heavy atom. The van der Waals surface area contributed by atoms with E-state index in [0.29, 0.717) is 10.0 Å². The summed E-state index contributed by atoms with van der Waals surface area (Å²) in [5, 5.41) is 0. The fourth-order valence-electron chi connectivity index (χ4n) is 1.48. The molecule has 2 rings (SSSR count). The molecule has 1 aliphatic rings. The van der Waals surface area contributed by atoms with Crippen molar-refractivity contribution < 1.29 is 17.9 Å². The van der Waals surface area contributed by atoms with E-state index in [-0.39, 0.29) is 12.2 Å². The summed E-state index contributed by atoms with van der Waals surface area (Å²) in [6, 6.07) is 4.81. The van der Waals surface area contributed by atoms with E-state index in [4.69, 9.17) is 4.74 Å². The SMILES string of the molecule is FC(F)(F)C1OCc2ccc(Br)cc21. The van der Waals surface area contributed by atoms with Crippen molar-refractivity contribution in [3.63, 3.8) is 0 Å². The smallest absolute Gasteiger partial charge is 0.359 e. The predicted molar refractivity (Wildman–Crippen MR) is 47.7 cm³/mol. The largest absolute Gasteiger partial charge is 0.418 e. The minimum atomic E-state index is -4.33. The molecule has 76 valence electrons. The molecule has 0 aliphatic carbocycles. The predicted octanol–water partition coefficient (Wildman–Crippen LogP) is 3.58. The van der Waals surface area contributed by atoms with Gasteiger partial charge in [-0.3, -0.25) is 0 Å². The summed E-state index contributed by atoms with van der Waals surface area (Å²) in [5.41, 5.74) is 0.822. The monoisotopic (exact) mass is 266 g/mol. The van der Waals surface area contributed by atoms with Crippen molar-refractivity contribution in [2.45, 2.75) is 18.9 Å². The van der Waals surface area contributed by atoms with Crippen LogP contribution in [0.1, 0.15) is 17.2 Å². The number of halogens is 4. The lowest BCUT2D eigenvalue weighted by Crippen LogP contribution is -2.19. The molecule has 0 N–H and O–H groups in total. The third kappa shape index (κ3) is 1.66. The first-order chi connectivity index (χ1) is 6.48. The first kappa shape index (κ1) is 9.98. The highest BCUT2D eigenvalue weighted by Gasteiger charge is 2.45. The maximum atomic E-state index is 12.4. The molecule has 0 saturated heterocycles. The summed E-state index contributed by atoms with van der Waals surface area (Å²) in [7, 11) is 0. The quantitative estimate of drug-likeness (QED) is 0.698. The zero-order valence-corrected chi connectivity index (χ0v) is 8.52. The molecule has 1 nitrogen and oxygen atoms in total. The Morgan fingerprint density at radius 3 is 2.71 bits per heavy atom. The molecule has 0 aromatic heterocycles. The number of alkyl halides is 3. The number of ether oxygens (including phenoxy) is 1. The molecule has 0 saturated carbocycles. The molecule has 0 radical (unpaired) electrons. The van der Waals surface area contributed by atoms with Crippen molar-refractivity contribution >= 4 is 15.9 Å². The van der Waals surface area contributed by atoms with Gasteiger partial charge in [0.1, 0.15) is 0 Å². The normalized spacial score (nSPS) is 21.0. The van der Waals surface area contributed by atoms with Crippen molar-refractivity contribution in [2.75, 3.05) is 0 Å². The van der Waals surface area contributed by atoms with E-state index in [0.717, 1.165) is 0 Å². The fourth-order valence-corrected chi connectivity index (χ4v) is 1.85. The van der Waals surface area contributed by atoms with Gasteiger partial charge in [0.05, 0.1) is 6.61 Å². The first-order valence-electron chi connectivity index (χ1n) is 3.95. The van der Waals surface area contributed by atoms with Crippen LogP contribution in [0.25, 0.3) is 0 Å². The molecule has 1 unspecified atom stereocenters. The van der Waals surface area contributed by atoms with Crippen molar-refractivity contribution in [2.24, 2.45) is 0 Å². The summed E-state index contributed by atoms with van der Waals surface area (Å²) in [4.78, 5) is 0. The third-order valence-electron chi connectivity index (χ3n) is 2.09. The Bertz CT molecular complexity index is 362. The van der Waals surface area contributed by atoms with Crippen LogP contribution in [0.4, 0.5) is 13.2 Å². The van der Waals surface area contributed by atoms with Gasteiger partial charge < -0.3 is 4.74 Å². The van der Waals surface area contributed by atoms with Crippen LogP contribution in [-0.4, -0.2) is 6.18 Å². The minimum absolute atomic E-state index is 0.0345. The molecule has 1 aliphatic heterocycles. The van der Waals surface area contributed by atoms with Gasteiger partial charge in [-0.15, -0.1) is 0 Å². The zero-order valence-electron chi connectivity index (χ0n) is 6.94. The molecule has 1 atom stereocenters. The third-order valence-corrected chi connectivity index (χ3v) is 2.59. The summed E-state index contributed by atoms with van der Waals surface area (Å²) in [6.45, 7) is 0.0345. The van der Waals surface area contributed by atoms with Gasteiger partial charge >= 0.3 is 6.18 Å². The van der Waals surface area contributed by atoms with E-state index in [1.54, 1.807) is 12.1 Å². The van der Waals surface area contributed by atoms with Crippen LogP contribution in [0, 0.1) is 0 Å². The van der Waals surface area contributed by atoms with E-state index in [2.05, 4.69) is 15.9 Å². The topological polar surface area (TPSA) is 9.23 Å². The Morgan fingerprint density at radius 2 is 2.07 bits per heavy atom. The van der Waals surface area contributed by atoms with Gasteiger partial charge in [-0.25, -0.2) is 0 Å². The lowest BCUT2D eigenvalue weighted by Gasteiger charge is -2.14. The van der Waals surface area contributed by atoms with Gasteiger partial charge in [-0.1, -0.05) is 22.0 Å². The van der Waals surface area contributed by atoms with Crippen molar-refractivity contribution in [3.05, 3.63) is 33.8 Å². The Balaban J connectivity index is 2.43. The molecule has 1 heterocycles. The van der Waals surface area contributed by atoms with Gasteiger partial charge in [0.25, 0.3) is 0 Å². The zero-order chi connectivity index (χ0) is 10.3. The Labute approximate surface area is 87.0 Å². The molecule has 5 heteroatoms. The average Bonchev–Trinajstić information content (AvgIpc) is 2.45. The van der Waals surface area contributed by atoms with E-state index >= 15 is 0 Å². The van der Waals surface area contributed by atoms with E-state index in [1.807, 2.05) is 0 Å². The van der Waals surface area contributed by atoms with E-state index < -0.39 is 12.3 Å². The molecular formula is C9H6BrF3O. The van der Waals surface area contributed by atoms with E-state index in [9.17, 15) is 13.2 Å². The summed E-state index contributed by atoms with van der Waals surface area (Å²) < 4.78 is 42.6. The Kier molecular flexibility index (Phi) is 2.31. The highest BCUT2D eigenvalue weighted by Crippen LogP contribution is 2.43. The minimum Gasteiger partial charge on any atom is -0.359 e. The van der Waals surface area contributed by atoms with Crippen LogP contribution in [-0.2, 0) is 11.3 Å². The molecule has 0 spiro atoms. The van der Waals surface area contributed by atoms with Gasteiger partial charge in [0.2, 0.25) is 0 Å². The molecule has 0 bridgehead atoms. The van der Waals surface area contributed by atoms with Crippen molar-refractivity contribution in [1.82, 2.24) is 0 Å². The average molecular weight is 267 g/mol. The molecular weight excluding hydrogens is 261 g/mol. The second kappa shape index (κ2) is 3.24. The van der Waals surface area contributed by atoms with Gasteiger partial charge in [-0.2, -0.15) is 13.2 Å². The molecule has 1 aromatic rings. The highest BCUT2D eigenvalue weighted by molar-refractivity contribution is 9.10. The lowest BCUT2D eigenvalue weighted by atomic mass is 10.1. The maximum Gasteiger partial charge on any atom is 0.418 e. The standard InChI is InChI=1S/C9H6BrF3O/c10-6-2-1-5-4-14-8(7(5)3-6)9(11,12)13/h1-3,8H,4H2. The van der Waals surface area contributed by atoms with Gasteiger partial charge in [-0.05, 0) is 23.3 Å². The molecule has 0 fully saturated rings. The number of benzene rings is 1. The lowest BCUT2D eigenvalue weighted by molar-refractivity contribution is -0.219. The first-order valence-corrected chi connectivity index (χ1v) is 4.74. The second-order valence-corrected chi connectivity index (χ2v) is 3.99. The maximum absolute atomic E-state index is 12.4. The van der Waals surface area contributed by atoms with Gasteiger partial charge in [0.15, 0.2) is 6.10 Å². The summed E-state index contributed by atoms with van der Waals surface area (Å²) in [5.74, 6) is 0. The van der Waals surface area contributed by atoms with Crippen LogP contribution >= 0.6 is 15.9 Å². The number of hydrogen-bond acceptors (Lipinski definition) is 1. The van der Waals surface area contributed by atoms with Crippen LogP contribution in [0.5, 0.6) is 0 Å². The number of hydrogen-bond donors (Lipinski definition) is 0. The van der Waals surface area contributed by atoms with Crippen molar-refractivity contribution in [3.8, 4) is 0 Å². The molecule has 0 amide bonds. The van der Waals surface area contributed by atoms with Gasteiger partial charge in [0, 0.05) is 4.47 Å². The van der Waals surface area contributed by atoms with Crippen molar-refractivity contribution in [1.29, 1.82) is 0 Å².